The fraction of sp³-hybridized carbons (Fsp3) is 0.143. The Balaban J connectivity index is 0.000000774. The SMILES string of the molecule is CC.Cc1ccc(-c2ccc(-c3ccccc3)cc2)cc1. The van der Waals surface area contributed by atoms with Crippen molar-refractivity contribution < 1.29 is 0 Å². The lowest BCUT2D eigenvalue weighted by Crippen LogP contribution is -1.80. The summed E-state index contributed by atoms with van der Waals surface area (Å²) in [4.78, 5) is 0. The van der Waals surface area contributed by atoms with Gasteiger partial charge in [0.1, 0.15) is 0 Å². The van der Waals surface area contributed by atoms with E-state index in [1.807, 2.05) is 19.9 Å². The smallest absolute Gasteiger partial charge is 0.0184 e. The van der Waals surface area contributed by atoms with Gasteiger partial charge in [-0.3, -0.25) is 0 Å². The summed E-state index contributed by atoms with van der Waals surface area (Å²) in [7, 11) is 0. The molecule has 0 saturated heterocycles. The summed E-state index contributed by atoms with van der Waals surface area (Å²) in [6, 6.07) is 27.9. The average molecular weight is 274 g/mol. The highest BCUT2D eigenvalue weighted by molar-refractivity contribution is 5.70. The lowest BCUT2D eigenvalue weighted by atomic mass is 10.00. The lowest BCUT2D eigenvalue weighted by molar-refractivity contribution is 1.47. The van der Waals surface area contributed by atoms with E-state index in [0.29, 0.717) is 0 Å². The van der Waals surface area contributed by atoms with Crippen molar-refractivity contribution >= 4 is 0 Å². The number of hydrogen-bond acceptors (Lipinski definition) is 0. The predicted molar refractivity (Wildman–Crippen MR) is 93.4 cm³/mol. The first-order chi connectivity index (χ1) is 10.3. The van der Waals surface area contributed by atoms with Crippen LogP contribution in [0.25, 0.3) is 22.3 Å². The van der Waals surface area contributed by atoms with Gasteiger partial charge in [-0.2, -0.15) is 0 Å². The fourth-order valence-electron chi connectivity index (χ4n) is 2.23. The Kier molecular flexibility index (Phi) is 5.34. The van der Waals surface area contributed by atoms with Crippen molar-refractivity contribution in [3.63, 3.8) is 0 Å². The molecule has 21 heavy (non-hydrogen) atoms. The molecule has 0 atom stereocenters. The Labute approximate surface area is 128 Å². The van der Waals surface area contributed by atoms with E-state index < -0.39 is 0 Å². The first kappa shape index (κ1) is 15.1. The Morgan fingerprint density at radius 1 is 0.429 bits per heavy atom. The second-order valence-corrected chi connectivity index (χ2v) is 4.81. The molecule has 0 spiro atoms. The topological polar surface area (TPSA) is 0 Å². The molecule has 0 N–H and O–H groups in total. The van der Waals surface area contributed by atoms with Crippen molar-refractivity contribution in [1.82, 2.24) is 0 Å². The molecule has 0 saturated carbocycles. The highest BCUT2D eigenvalue weighted by atomic mass is 14.0. The molecule has 0 bridgehead atoms. The van der Waals surface area contributed by atoms with Crippen molar-refractivity contribution in [3.8, 4) is 22.3 Å². The van der Waals surface area contributed by atoms with E-state index in [0.717, 1.165) is 0 Å². The molecule has 0 aromatic heterocycles. The van der Waals surface area contributed by atoms with Crippen LogP contribution in [0, 0.1) is 6.92 Å². The number of rotatable bonds is 2. The average Bonchev–Trinajstić information content (AvgIpc) is 2.58. The Bertz CT molecular complexity index is 647. The third-order valence-corrected chi connectivity index (χ3v) is 3.38. The summed E-state index contributed by atoms with van der Waals surface area (Å²) < 4.78 is 0. The zero-order valence-corrected chi connectivity index (χ0v) is 13.0. The molecule has 0 radical (unpaired) electrons. The summed E-state index contributed by atoms with van der Waals surface area (Å²) in [5.74, 6) is 0. The van der Waals surface area contributed by atoms with E-state index in [2.05, 4.69) is 79.7 Å². The van der Waals surface area contributed by atoms with Crippen LogP contribution in [-0.2, 0) is 0 Å². The van der Waals surface area contributed by atoms with Crippen LogP contribution in [0.5, 0.6) is 0 Å². The monoisotopic (exact) mass is 274 g/mol. The van der Waals surface area contributed by atoms with Crippen LogP contribution in [0.2, 0.25) is 0 Å². The molecule has 0 heterocycles. The van der Waals surface area contributed by atoms with Gasteiger partial charge in [0.15, 0.2) is 0 Å². The van der Waals surface area contributed by atoms with Gasteiger partial charge in [0.05, 0.1) is 0 Å². The van der Waals surface area contributed by atoms with Gasteiger partial charge >= 0.3 is 0 Å². The van der Waals surface area contributed by atoms with E-state index >= 15 is 0 Å². The van der Waals surface area contributed by atoms with Gasteiger partial charge in [-0.05, 0) is 29.2 Å². The van der Waals surface area contributed by atoms with Crippen LogP contribution in [0.15, 0.2) is 78.9 Å². The Morgan fingerprint density at radius 3 is 1.19 bits per heavy atom. The summed E-state index contributed by atoms with van der Waals surface area (Å²) >= 11 is 0. The van der Waals surface area contributed by atoms with Crippen molar-refractivity contribution in [1.29, 1.82) is 0 Å². The minimum atomic E-state index is 1.26. The first-order valence-electron chi connectivity index (χ1n) is 7.55. The molecular weight excluding hydrogens is 252 g/mol. The van der Waals surface area contributed by atoms with Gasteiger partial charge in [0, 0.05) is 0 Å². The Morgan fingerprint density at radius 2 is 0.762 bits per heavy atom. The van der Waals surface area contributed by atoms with Crippen LogP contribution in [0.4, 0.5) is 0 Å². The summed E-state index contributed by atoms with van der Waals surface area (Å²) in [5.41, 5.74) is 6.35. The maximum atomic E-state index is 2.19. The molecule has 3 aromatic rings. The molecule has 0 fully saturated rings. The van der Waals surface area contributed by atoms with E-state index in [9.17, 15) is 0 Å². The molecule has 0 aliphatic carbocycles. The third-order valence-electron chi connectivity index (χ3n) is 3.38. The van der Waals surface area contributed by atoms with Gasteiger partial charge in [0.2, 0.25) is 0 Å². The lowest BCUT2D eigenvalue weighted by Gasteiger charge is -2.05. The molecule has 0 amide bonds. The van der Waals surface area contributed by atoms with Crippen LogP contribution in [-0.4, -0.2) is 0 Å². The number of benzene rings is 3. The quantitative estimate of drug-likeness (QED) is 0.510. The van der Waals surface area contributed by atoms with Crippen LogP contribution >= 0.6 is 0 Å². The zero-order chi connectivity index (χ0) is 15.1. The molecule has 0 nitrogen and oxygen atoms in total. The summed E-state index contributed by atoms with van der Waals surface area (Å²) in [5, 5.41) is 0. The molecule has 0 unspecified atom stereocenters. The largest absolute Gasteiger partial charge is 0.0683 e. The van der Waals surface area contributed by atoms with E-state index in [-0.39, 0.29) is 0 Å². The second-order valence-electron chi connectivity index (χ2n) is 4.81. The summed E-state index contributed by atoms with van der Waals surface area (Å²) in [6.45, 7) is 6.11. The number of aryl methyl sites for hydroxylation is 1. The normalized spacial score (nSPS) is 9.67. The predicted octanol–water partition coefficient (Wildman–Crippen LogP) is 6.36. The van der Waals surface area contributed by atoms with Crippen LogP contribution in [0.3, 0.4) is 0 Å². The minimum Gasteiger partial charge on any atom is -0.0683 e. The standard InChI is InChI=1S/C19H16.C2H6/c1-15-7-9-17(10-8-15)19-13-11-18(12-14-19)16-5-3-2-4-6-16;1-2/h2-14H,1H3;1-2H3. The molecule has 0 aliphatic rings. The van der Waals surface area contributed by atoms with Crippen LogP contribution < -0.4 is 0 Å². The van der Waals surface area contributed by atoms with Crippen LogP contribution in [0.1, 0.15) is 19.4 Å². The molecule has 106 valence electrons. The highest BCUT2D eigenvalue weighted by Crippen LogP contribution is 2.24. The second kappa shape index (κ2) is 7.44. The molecule has 3 aromatic carbocycles. The first-order valence-corrected chi connectivity index (χ1v) is 7.55. The molecular formula is C21H22. The molecule has 3 rings (SSSR count). The maximum absolute atomic E-state index is 2.19. The fourth-order valence-corrected chi connectivity index (χ4v) is 2.23. The van der Waals surface area contributed by atoms with Crippen molar-refractivity contribution in [2.24, 2.45) is 0 Å². The van der Waals surface area contributed by atoms with E-state index in [4.69, 9.17) is 0 Å². The van der Waals surface area contributed by atoms with Crippen molar-refractivity contribution in [2.75, 3.05) is 0 Å². The minimum absolute atomic E-state index is 1.26. The third kappa shape index (κ3) is 3.82. The zero-order valence-electron chi connectivity index (χ0n) is 13.0. The van der Waals surface area contributed by atoms with E-state index in [1.54, 1.807) is 0 Å². The van der Waals surface area contributed by atoms with Crippen molar-refractivity contribution in [2.45, 2.75) is 20.8 Å². The van der Waals surface area contributed by atoms with Gasteiger partial charge in [0.25, 0.3) is 0 Å². The maximum Gasteiger partial charge on any atom is -0.0184 e. The Hall–Kier alpha value is -2.34. The van der Waals surface area contributed by atoms with E-state index in [1.165, 1.54) is 27.8 Å². The number of hydrogen-bond donors (Lipinski definition) is 0. The van der Waals surface area contributed by atoms with Crippen molar-refractivity contribution in [3.05, 3.63) is 84.4 Å². The van der Waals surface area contributed by atoms with Gasteiger partial charge in [-0.15, -0.1) is 0 Å². The van der Waals surface area contributed by atoms with Gasteiger partial charge in [-0.1, -0.05) is 98.3 Å². The molecule has 0 heteroatoms. The highest BCUT2D eigenvalue weighted by Gasteiger charge is 1.99. The molecule has 0 aliphatic heterocycles. The summed E-state index contributed by atoms with van der Waals surface area (Å²) in [6.07, 6.45) is 0. The van der Waals surface area contributed by atoms with Gasteiger partial charge in [-0.25, -0.2) is 0 Å². The van der Waals surface area contributed by atoms with Gasteiger partial charge < -0.3 is 0 Å².